The van der Waals surface area contributed by atoms with E-state index < -0.39 is 5.91 Å². The van der Waals surface area contributed by atoms with E-state index in [1.54, 1.807) is 12.1 Å². The summed E-state index contributed by atoms with van der Waals surface area (Å²) in [4.78, 5) is 15.6. The minimum absolute atomic E-state index is 0. The van der Waals surface area contributed by atoms with Crippen LogP contribution < -0.4 is 16.4 Å². The van der Waals surface area contributed by atoms with Crippen LogP contribution in [-0.2, 0) is 6.54 Å². The minimum Gasteiger partial charge on any atom is -0.454 e. The molecule has 1 fully saturated rings. The smallest absolute Gasteiger partial charge is 0.284 e. The third kappa shape index (κ3) is 7.97. The quantitative estimate of drug-likeness (QED) is 0.302. The Balaban J connectivity index is 0.00000338. The fourth-order valence-corrected chi connectivity index (χ4v) is 3.34. The van der Waals surface area contributed by atoms with E-state index in [4.69, 9.17) is 10.2 Å². The van der Waals surface area contributed by atoms with Gasteiger partial charge >= 0.3 is 0 Å². The van der Waals surface area contributed by atoms with E-state index in [0.717, 1.165) is 24.8 Å². The molecular weight excluding hydrogens is 443 g/mol. The Hall–Kier alpha value is -1.25. The molecule has 7 heteroatoms. The number of guanidine groups is 1. The Morgan fingerprint density at radius 2 is 2.08 bits per heavy atom. The molecule has 1 aromatic rings. The average Bonchev–Trinajstić information content (AvgIpc) is 3.08. The van der Waals surface area contributed by atoms with Gasteiger partial charge in [0.15, 0.2) is 11.7 Å². The average molecular weight is 476 g/mol. The van der Waals surface area contributed by atoms with Crippen LogP contribution in [-0.4, -0.2) is 24.5 Å². The van der Waals surface area contributed by atoms with Crippen LogP contribution in [0.1, 0.15) is 75.1 Å². The van der Waals surface area contributed by atoms with Crippen LogP contribution in [0.5, 0.6) is 0 Å². The maximum Gasteiger partial charge on any atom is 0.284 e. The molecule has 4 N–H and O–H groups in total. The predicted molar refractivity (Wildman–Crippen MR) is 116 cm³/mol. The first-order valence-corrected chi connectivity index (χ1v) is 9.51. The van der Waals surface area contributed by atoms with Crippen LogP contribution >= 0.6 is 24.0 Å². The SMILES string of the molecule is CCNC(=NCc1ccc(C(N)=O)o1)NC(C)CCC1CCCCC1.I. The third-order valence-electron chi connectivity index (χ3n) is 4.76. The van der Waals surface area contributed by atoms with Crippen molar-refractivity contribution in [1.82, 2.24) is 10.6 Å². The Morgan fingerprint density at radius 3 is 2.69 bits per heavy atom. The van der Waals surface area contributed by atoms with Crippen LogP contribution in [0.3, 0.4) is 0 Å². The molecule has 0 spiro atoms. The highest BCUT2D eigenvalue weighted by Crippen LogP contribution is 2.27. The van der Waals surface area contributed by atoms with Gasteiger partial charge in [-0.2, -0.15) is 0 Å². The first-order chi connectivity index (χ1) is 12.1. The first-order valence-electron chi connectivity index (χ1n) is 9.51. The van der Waals surface area contributed by atoms with Crippen molar-refractivity contribution in [3.05, 3.63) is 23.7 Å². The van der Waals surface area contributed by atoms with E-state index in [2.05, 4.69) is 22.5 Å². The van der Waals surface area contributed by atoms with E-state index >= 15 is 0 Å². The largest absolute Gasteiger partial charge is 0.454 e. The number of furan rings is 1. The molecule has 1 saturated carbocycles. The van der Waals surface area contributed by atoms with Gasteiger partial charge in [0, 0.05) is 12.6 Å². The van der Waals surface area contributed by atoms with Crippen molar-refractivity contribution in [2.75, 3.05) is 6.54 Å². The lowest BCUT2D eigenvalue weighted by atomic mass is 9.85. The third-order valence-corrected chi connectivity index (χ3v) is 4.76. The molecule has 0 aromatic carbocycles. The van der Waals surface area contributed by atoms with E-state index in [-0.39, 0.29) is 29.7 Å². The lowest BCUT2D eigenvalue weighted by molar-refractivity contribution is 0.0972. The van der Waals surface area contributed by atoms with Gasteiger partial charge in [-0.1, -0.05) is 32.1 Å². The summed E-state index contributed by atoms with van der Waals surface area (Å²) in [5.74, 6) is 1.91. The van der Waals surface area contributed by atoms with Gasteiger partial charge in [-0.05, 0) is 44.7 Å². The molecule has 1 heterocycles. The summed E-state index contributed by atoms with van der Waals surface area (Å²) in [5.41, 5.74) is 5.20. The second kappa shape index (κ2) is 12.2. The summed E-state index contributed by atoms with van der Waals surface area (Å²) >= 11 is 0. The monoisotopic (exact) mass is 476 g/mol. The number of aliphatic imine (C=N–C) groups is 1. The maximum atomic E-state index is 11.1. The number of carbonyl (C=O) groups is 1. The molecule has 1 amide bonds. The molecule has 0 radical (unpaired) electrons. The van der Waals surface area contributed by atoms with Gasteiger partial charge in [-0.3, -0.25) is 4.79 Å². The molecular formula is C19H33IN4O2. The number of halogens is 1. The molecule has 1 aromatic heterocycles. The lowest BCUT2D eigenvalue weighted by Gasteiger charge is -2.24. The Morgan fingerprint density at radius 1 is 1.35 bits per heavy atom. The maximum absolute atomic E-state index is 11.1. The van der Waals surface area contributed by atoms with E-state index in [1.807, 2.05) is 6.92 Å². The molecule has 1 atom stereocenters. The van der Waals surface area contributed by atoms with Gasteiger partial charge in [0.25, 0.3) is 5.91 Å². The summed E-state index contributed by atoms with van der Waals surface area (Å²) in [6.45, 7) is 5.42. The lowest BCUT2D eigenvalue weighted by Crippen LogP contribution is -2.42. The second-order valence-electron chi connectivity index (χ2n) is 6.95. The number of hydrogen-bond acceptors (Lipinski definition) is 3. The molecule has 2 rings (SSSR count). The number of primary amides is 1. The minimum atomic E-state index is -0.559. The Bertz CT molecular complexity index is 568. The van der Waals surface area contributed by atoms with Gasteiger partial charge < -0.3 is 20.8 Å². The number of nitrogens with zero attached hydrogens (tertiary/aromatic N) is 1. The molecule has 1 unspecified atom stereocenters. The highest BCUT2D eigenvalue weighted by atomic mass is 127. The number of nitrogens with one attached hydrogen (secondary N) is 2. The van der Waals surface area contributed by atoms with Crippen molar-refractivity contribution in [3.8, 4) is 0 Å². The topological polar surface area (TPSA) is 92.6 Å². The fourth-order valence-electron chi connectivity index (χ4n) is 3.34. The number of carbonyl (C=O) groups excluding carboxylic acids is 1. The summed E-state index contributed by atoms with van der Waals surface area (Å²) in [6.07, 6.45) is 9.42. The zero-order chi connectivity index (χ0) is 18.1. The van der Waals surface area contributed by atoms with Gasteiger partial charge in [-0.15, -0.1) is 24.0 Å². The van der Waals surface area contributed by atoms with Crippen LogP contribution in [0.15, 0.2) is 21.5 Å². The van der Waals surface area contributed by atoms with Crippen molar-refractivity contribution in [2.45, 2.75) is 71.4 Å². The van der Waals surface area contributed by atoms with E-state index in [9.17, 15) is 4.79 Å². The van der Waals surface area contributed by atoms with Crippen LogP contribution in [0.4, 0.5) is 0 Å². The molecule has 1 aliphatic carbocycles. The van der Waals surface area contributed by atoms with Crippen molar-refractivity contribution < 1.29 is 9.21 Å². The zero-order valence-corrected chi connectivity index (χ0v) is 18.3. The highest BCUT2D eigenvalue weighted by molar-refractivity contribution is 14.0. The Kier molecular flexibility index (Phi) is 10.7. The van der Waals surface area contributed by atoms with Crippen molar-refractivity contribution in [1.29, 1.82) is 0 Å². The molecule has 1 aliphatic rings. The fraction of sp³-hybridized carbons (Fsp3) is 0.684. The van der Waals surface area contributed by atoms with Gasteiger partial charge in [0.05, 0.1) is 0 Å². The van der Waals surface area contributed by atoms with Crippen LogP contribution in [0.25, 0.3) is 0 Å². The first kappa shape index (κ1) is 22.8. The predicted octanol–water partition coefficient (Wildman–Crippen LogP) is 3.80. The second-order valence-corrected chi connectivity index (χ2v) is 6.95. The molecule has 0 bridgehead atoms. The van der Waals surface area contributed by atoms with Crippen LogP contribution in [0, 0.1) is 5.92 Å². The summed E-state index contributed by atoms with van der Waals surface area (Å²) in [6, 6.07) is 3.69. The molecule has 6 nitrogen and oxygen atoms in total. The number of nitrogens with two attached hydrogens (primary N) is 1. The molecule has 148 valence electrons. The Labute approximate surface area is 173 Å². The number of rotatable bonds is 8. The molecule has 0 aliphatic heterocycles. The van der Waals surface area contributed by atoms with E-state index in [0.29, 0.717) is 18.3 Å². The summed E-state index contributed by atoms with van der Waals surface area (Å²) in [5, 5.41) is 6.72. The molecule has 0 saturated heterocycles. The molecule has 26 heavy (non-hydrogen) atoms. The van der Waals surface area contributed by atoms with Gasteiger partial charge in [0.2, 0.25) is 0 Å². The zero-order valence-electron chi connectivity index (χ0n) is 15.9. The standard InChI is InChI=1S/C19H32N4O2.HI/c1-3-21-19(22-13-16-11-12-17(25-16)18(20)24)23-14(2)9-10-15-7-5-4-6-8-15;/h11-12,14-15H,3-10,13H2,1-2H3,(H2,20,24)(H2,21,22,23);1H. The van der Waals surface area contributed by atoms with Crippen molar-refractivity contribution in [2.24, 2.45) is 16.6 Å². The number of amides is 1. The summed E-state index contributed by atoms with van der Waals surface area (Å²) in [7, 11) is 0. The van der Waals surface area contributed by atoms with Gasteiger partial charge in [0.1, 0.15) is 12.3 Å². The highest BCUT2D eigenvalue weighted by Gasteiger charge is 2.15. The normalized spacial score (nSPS) is 16.6. The van der Waals surface area contributed by atoms with Crippen molar-refractivity contribution >= 4 is 35.8 Å². The van der Waals surface area contributed by atoms with Crippen LogP contribution in [0.2, 0.25) is 0 Å². The number of hydrogen-bond donors (Lipinski definition) is 3. The van der Waals surface area contributed by atoms with Crippen molar-refractivity contribution in [3.63, 3.8) is 0 Å². The summed E-state index contributed by atoms with van der Waals surface area (Å²) < 4.78 is 5.37. The van der Waals surface area contributed by atoms with E-state index in [1.165, 1.54) is 38.5 Å². The van der Waals surface area contributed by atoms with Gasteiger partial charge in [-0.25, -0.2) is 4.99 Å².